The Kier molecular flexibility index (Phi) is 23.8. The van der Waals surface area contributed by atoms with Gasteiger partial charge in [0.15, 0.2) is 17.7 Å². The topological polar surface area (TPSA) is 375 Å². The third kappa shape index (κ3) is 20.6. The number of fused-ring (bicyclic) bond motifs is 1. The van der Waals surface area contributed by atoms with E-state index in [1.165, 1.54) is 77.7 Å². The number of phosphoric acid groups is 3. The number of carbonyl (C=O) groups excluding carboxylic acids is 3. The highest BCUT2D eigenvalue weighted by Crippen LogP contribution is 2.56. The van der Waals surface area contributed by atoms with Crippen molar-refractivity contribution < 1.29 is 80.5 Å². The highest BCUT2D eigenvalue weighted by molar-refractivity contribution is 8.14. The lowest BCUT2D eigenvalue weighted by atomic mass is 9.87. The van der Waals surface area contributed by atoms with E-state index in [-0.39, 0.29) is 41.6 Å². The van der Waals surface area contributed by atoms with Crippen LogP contribution in [0.3, 0.4) is 0 Å². The number of amides is 2. The molecule has 0 radical (unpaired) electrons. The lowest BCUT2D eigenvalue weighted by Gasteiger charge is -2.36. The number of carbonyl (C=O) groups is 3. The van der Waals surface area contributed by atoms with Crippen molar-refractivity contribution in [2.45, 2.75) is 135 Å². The number of imidazole rings is 1. The van der Waals surface area contributed by atoms with Crippen LogP contribution in [0.4, 0.5) is 5.82 Å². The number of anilines is 1. The van der Waals surface area contributed by atoms with Crippen LogP contribution in [0.15, 0.2) is 24.8 Å². The summed E-state index contributed by atoms with van der Waals surface area (Å²) in [7, 11) is -17.6. The van der Waals surface area contributed by atoms with Crippen molar-refractivity contribution in [2.75, 3.05) is 37.8 Å². The van der Waals surface area contributed by atoms with Gasteiger partial charge in [-0.2, -0.15) is 0 Å². The number of aliphatic hydroxyl groups excluding tert-OH is 2. The van der Waals surface area contributed by atoms with E-state index in [1.54, 1.807) is 0 Å². The number of hydrogen-bond donors (Lipinski definition) is 5. The van der Waals surface area contributed by atoms with Crippen LogP contribution < -0.4 is 35.9 Å². The highest BCUT2D eigenvalue weighted by atomic mass is 32.2. The van der Waals surface area contributed by atoms with E-state index in [4.69, 9.17) is 10.5 Å². The molecule has 1 saturated heterocycles. The minimum absolute atomic E-state index is 0.0196. The average Bonchev–Trinajstić information content (AvgIpc) is 3.79. The maximum atomic E-state index is 12.6. The minimum atomic E-state index is -5.92. The first kappa shape index (κ1) is 56.6. The van der Waals surface area contributed by atoms with Gasteiger partial charge in [0.25, 0.3) is 15.6 Å². The number of aromatic nitrogens is 4. The number of thioether (sulfide) groups is 1. The Bertz CT molecular complexity index is 2010. The fourth-order valence-electron chi connectivity index (χ4n) is 6.41. The van der Waals surface area contributed by atoms with E-state index in [1.807, 2.05) is 6.08 Å². The number of rotatable bonds is 32. The van der Waals surface area contributed by atoms with Crippen LogP contribution in [-0.2, 0) is 50.7 Å². The van der Waals surface area contributed by atoms with Crippen molar-refractivity contribution >= 4 is 69.1 Å². The molecule has 7 atom stereocenters. The van der Waals surface area contributed by atoms with Crippen molar-refractivity contribution in [3.63, 3.8) is 0 Å². The Hall–Kier alpha value is -2.70. The van der Waals surface area contributed by atoms with Crippen molar-refractivity contribution in [1.29, 1.82) is 0 Å². The second-order valence-corrected chi connectivity index (χ2v) is 21.0. The number of phosphoric ester groups is 3. The molecular formula is C37H60N7O17P3S-4. The zero-order valence-corrected chi connectivity index (χ0v) is 40.1. The zero-order chi connectivity index (χ0) is 48.3. The molecule has 0 spiro atoms. The Morgan fingerprint density at radius 2 is 1.58 bits per heavy atom. The third-order valence-electron chi connectivity index (χ3n) is 9.95. The summed E-state index contributed by atoms with van der Waals surface area (Å²) < 4.78 is 60.8. The predicted molar refractivity (Wildman–Crippen MR) is 228 cm³/mol. The average molecular weight is 1000 g/mol. The van der Waals surface area contributed by atoms with Gasteiger partial charge < -0.3 is 69.0 Å². The van der Waals surface area contributed by atoms with Crippen LogP contribution >= 0.6 is 35.2 Å². The van der Waals surface area contributed by atoms with E-state index in [0.717, 1.165) is 48.2 Å². The normalized spacial score (nSPS) is 20.4. The lowest BCUT2D eigenvalue weighted by molar-refractivity contribution is -0.347. The van der Waals surface area contributed by atoms with Crippen LogP contribution in [-0.4, -0.2) is 103 Å². The first-order valence-corrected chi connectivity index (χ1v) is 26.6. The molecule has 3 rings (SSSR count). The molecular weight excluding hydrogens is 939 g/mol. The summed E-state index contributed by atoms with van der Waals surface area (Å²) >= 11 is 1.06. The Morgan fingerprint density at radius 3 is 2.23 bits per heavy atom. The monoisotopic (exact) mass is 999 g/mol. The second-order valence-electron chi connectivity index (χ2n) is 15.9. The lowest BCUT2D eigenvalue weighted by Crippen LogP contribution is -2.46. The number of nitrogens with two attached hydrogens (primary N) is 1. The number of nitrogen functional groups attached to an aromatic ring is 1. The molecule has 0 bridgehead atoms. The van der Waals surface area contributed by atoms with Gasteiger partial charge >= 0.3 is 0 Å². The van der Waals surface area contributed by atoms with Crippen molar-refractivity contribution in [2.24, 2.45) is 5.41 Å². The standard InChI is InChI=1S/C37H64N7O17P3S/c1-4-5-6-7-8-9-10-11-12-13-14-15-16-17-28(46)65-21-20-39-27(45)18-19-40-35(49)32(48)37(2,3)23-58-64(55,56)61-63(53,54)57-22-26-31(60-62(50,51)52)30(47)36(59-26)44-25-43-29-33(38)41-24-42-34(29)44/h16-17,24-26,30-32,36,47-48H,4-15,18-23H2,1-3H3,(H,39,45)(H,40,49)(H,53,54)(H,55,56)(H2,38,41,42)(H2,50,51,52)/p-4/b17-16+/t26-,30-,31-,32+,36-/m1/s1. The first-order chi connectivity index (χ1) is 30.6. The fourth-order valence-corrected chi connectivity index (χ4v) is 9.75. The SMILES string of the molecule is CCCCCCCCCCCCC/C=C/C(=O)SCCNC(=O)CCNC(=O)[C@H](O)C(C)(C)COP(=O)([O-])OP(=O)([O-])OC[C@H]1O[C@@H](n2cnc3c(N)ncnc32)[C@H](O)[C@@H]1OP(=O)([O-])[O-]. The van der Waals surface area contributed by atoms with E-state index in [9.17, 15) is 57.9 Å². The third-order valence-corrected chi connectivity index (χ3v) is 13.8. The molecule has 3 heterocycles. The summed E-state index contributed by atoms with van der Waals surface area (Å²) in [4.78, 5) is 96.6. The van der Waals surface area contributed by atoms with E-state index < -0.39 is 84.6 Å². The number of ether oxygens (including phenoxy) is 1. The summed E-state index contributed by atoms with van der Waals surface area (Å²) in [5.41, 5.74) is 4.08. The van der Waals surface area contributed by atoms with Crippen molar-refractivity contribution in [3.05, 3.63) is 24.8 Å². The summed E-state index contributed by atoms with van der Waals surface area (Å²) in [5, 5.41) is 26.2. The number of hydrogen-bond acceptors (Lipinski definition) is 22. The van der Waals surface area contributed by atoms with Crippen LogP contribution in [0.25, 0.3) is 11.2 Å². The van der Waals surface area contributed by atoms with E-state index in [0.29, 0.717) is 5.75 Å². The number of aliphatic hydroxyl groups is 2. The van der Waals surface area contributed by atoms with Gasteiger partial charge in [-0.15, -0.1) is 0 Å². The quantitative estimate of drug-likeness (QED) is 0.0393. The summed E-state index contributed by atoms with van der Waals surface area (Å²) in [6, 6.07) is 0. The number of allylic oxidation sites excluding steroid dienone is 1. The molecule has 1 aliphatic heterocycles. The number of nitrogens with zero attached hydrogens (tertiary/aromatic N) is 4. The summed E-state index contributed by atoms with van der Waals surface area (Å²) in [6.45, 7) is 2.34. The van der Waals surface area contributed by atoms with Gasteiger partial charge in [-0.25, -0.2) is 19.3 Å². The van der Waals surface area contributed by atoms with Crippen molar-refractivity contribution in [1.82, 2.24) is 30.2 Å². The molecule has 2 aromatic heterocycles. The van der Waals surface area contributed by atoms with Gasteiger partial charge in [-0.05, 0) is 18.9 Å². The Morgan fingerprint density at radius 1 is 0.954 bits per heavy atom. The molecule has 2 aromatic rings. The molecule has 0 saturated carbocycles. The molecule has 0 aromatic carbocycles. The Labute approximate surface area is 381 Å². The molecule has 1 fully saturated rings. The van der Waals surface area contributed by atoms with Gasteiger partial charge in [-0.3, -0.25) is 28.1 Å². The number of unbranched alkanes of at least 4 members (excludes halogenated alkanes) is 11. The molecule has 24 nitrogen and oxygen atoms in total. The molecule has 28 heteroatoms. The summed E-state index contributed by atoms with van der Waals surface area (Å²) in [6.07, 6.45) is 10.4. The molecule has 1 aliphatic rings. The predicted octanol–water partition coefficient (Wildman–Crippen LogP) is 1.39. The first-order valence-electron chi connectivity index (χ1n) is 21.2. The largest absolute Gasteiger partial charge is 0.790 e. The maximum Gasteiger partial charge on any atom is 0.274 e. The molecule has 2 amide bonds. The molecule has 0 aliphatic carbocycles. The zero-order valence-electron chi connectivity index (χ0n) is 36.6. The van der Waals surface area contributed by atoms with Crippen LogP contribution in [0.1, 0.15) is 110 Å². The highest BCUT2D eigenvalue weighted by Gasteiger charge is 2.47. The van der Waals surface area contributed by atoms with Crippen LogP contribution in [0, 0.1) is 5.41 Å². The maximum absolute atomic E-state index is 12.6. The minimum Gasteiger partial charge on any atom is -0.790 e. The van der Waals surface area contributed by atoms with Crippen LogP contribution in [0.5, 0.6) is 0 Å². The molecule has 6 N–H and O–H groups in total. The van der Waals surface area contributed by atoms with Gasteiger partial charge in [-0.1, -0.05) is 103 Å². The van der Waals surface area contributed by atoms with E-state index >= 15 is 0 Å². The molecule has 65 heavy (non-hydrogen) atoms. The van der Waals surface area contributed by atoms with Crippen molar-refractivity contribution in [3.8, 4) is 0 Å². The van der Waals surface area contributed by atoms with E-state index in [2.05, 4.69) is 50.4 Å². The Balaban J connectivity index is 1.34. The van der Waals surface area contributed by atoms with Gasteiger partial charge in [0, 0.05) is 30.7 Å². The summed E-state index contributed by atoms with van der Waals surface area (Å²) in [5.74, 6) is -1.20. The van der Waals surface area contributed by atoms with Crippen LogP contribution in [0.2, 0.25) is 0 Å². The van der Waals surface area contributed by atoms with Gasteiger partial charge in [0.05, 0.1) is 27.4 Å². The smallest absolute Gasteiger partial charge is 0.274 e. The second kappa shape index (κ2) is 27.3. The number of nitrogens with one attached hydrogen (secondary N) is 2. The molecule has 2 unspecified atom stereocenters. The van der Waals surface area contributed by atoms with Gasteiger partial charge in [0.1, 0.15) is 36.3 Å². The van der Waals surface area contributed by atoms with Gasteiger partial charge in [0.2, 0.25) is 16.9 Å². The fraction of sp³-hybridized carbons (Fsp3) is 0.730. The molecule has 370 valence electrons.